The third-order valence-corrected chi connectivity index (χ3v) is 2.51. The van der Waals surface area contributed by atoms with Gasteiger partial charge in [-0.15, -0.1) is 11.6 Å². The summed E-state index contributed by atoms with van der Waals surface area (Å²) in [5.41, 5.74) is 3.92. The SMILES string of the molecule is ClCc1ccc2c(c1)CCOC2. The normalized spacial score (nSPS) is 15.8. The number of benzene rings is 1. The van der Waals surface area contributed by atoms with Gasteiger partial charge in [0.2, 0.25) is 0 Å². The largest absolute Gasteiger partial charge is 0.376 e. The van der Waals surface area contributed by atoms with Crippen LogP contribution in [0.3, 0.4) is 0 Å². The van der Waals surface area contributed by atoms with Crippen molar-refractivity contribution in [2.75, 3.05) is 6.61 Å². The van der Waals surface area contributed by atoms with E-state index in [1.54, 1.807) is 0 Å². The zero-order chi connectivity index (χ0) is 8.39. The molecular weight excluding hydrogens is 172 g/mol. The van der Waals surface area contributed by atoms with Crippen LogP contribution in [0.1, 0.15) is 16.7 Å². The number of fused-ring (bicyclic) bond motifs is 1. The zero-order valence-corrected chi connectivity index (χ0v) is 7.60. The summed E-state index contributed by atoms with van der Waals surface area (Å²) in [6.07, 6.45) is 1.03. The Hall–Kier alpha value is -0.530. The number of hydrogen-bond donors (Lipinski definition) is 0. The van der Waals surface area contributed by atoms with Gasteiger partial charge in [0.25, 0.3) is 0 Å². The predicted octanol–water partition coefficient (Wildman–Crippen LogP) is 2.50. The third-order valence-electron chi connectivity index (χ3n) is 2.20. The fourth-order valence-corrected chi connectivity index (χ4v) is 1.67. The van der Waals surface area contributed by atoms with E-state index in [4.69, 9.17) is 16.3 Å². The standard InChI is InChI=1S/C10H11ClO/c11-6-8-1-2-10-7-12-4-3-9(10)5-8/h1-2,5H,3-4,6-7H2. The minimum absolute atomic E-state index is 0.605. The molecule has 12 heavy (non-hydrogen) atoms. The van der Waals surface area contributed by atoms with Gasteiger partial charge in [0.05, 0.1) is 13.2 Å². The number of rotatable bonds is 1. The highest BCUT2D eigenvalue weighted by Crippen LogP contribution is 2.18. The average molecular weight is 183 g/mol. The maximum Gasteiger partial charge on any atom is 0.0719 e. The van der Waals surface area contributed by atoms with Crippen molar-refractivity contribution < 1.29 is 4.74 Å². The maximum atomic E-state index is 5.74. The number of ether oxygens (including phenoxy) is 1. The molecule has 0 atom stereocenters. The lowest BCUT2D eigenvalue weighted by Crippen LogP contribution is -2.09. The summed E-state index contributed by atoms with van der Waals surface area (Å²) >= 11 is 5.74. The quantitative estimate of drug-likeness (QED) is 0.607. The molecule has 0 bridgehead atoms. The van der Waals surface area contributed by atoms with E-state index in [1.165, 1.54) is 16.7 Å². The van der Waals surface area contributed by atoms with Crippen molar-refractivity contribution in [2.45, 2.75) is 18.9 Å². The Kier molecular flexibility index (Phi) is 2.33. The third kappa shape index (κ3) is 1.47. The van der Waals surface area contributed by atoms with Crippen molar-refractivity contribution >= 4 is 11.6 Å². The molecule has 0 aromatic heterocycles. The zero-order valence-electron chi connectivity index (χ0n) is 6.85. The Bertz CT molecular complexity index is 283. The van der Waals surface area contributed by atoms with Crippen molar-refractivity contribution in [3.05, 3.63) is 34.9 Å². The molecule has 0 N–H and O–H groups in total. The molecule has 1 heterocycles. The predicted molar refractivity (Wildman–Crippen MR) is 49.4 cm³/mol. The molecule has 0 aliphatic carbocycles. The van der Waals surface area contributed by atoms with E-state index in [0.29, 0.717) is 5.88 Å². The van der Waals surface area contributed by atoms with Gasteiger partial charge in [0.1, 0.15) is 0 Å². The summed E-state index contributed by atoms with van der Waals surface area (Å²) in [7, 11) is 0. The number of hydrogen-bond acceptors (Lipinski definition) is 1. The first-order valence-electron chi connectivity index (χ1n) is 4.14. The molecule has 0 amide bonds. The van der Waals surface area contributed by atoms with Crippen molar-refractivity contribution in [2.24, 2.45) is 0 Å². The van der Waals surface area contributed by atoms with Gasteiger partial charge in [-0.3, -0.25) is 0 Å². The first kappa shape index (κ1) is 8.09. The minimum atomic E-state index is 0.605. The average Bonchev–Trinajstić information content (AvgIpc) is 2.17. The molecule has 1 nitrogen and oxygen atoms in total. The molecule has 0 unspecified atom stereocenters. The Morgan fingerprint density at radius 2 is 2.25 bits per heavy atom. The van der Waals surface area contributed by atoms with Gasteiger partial charge in [0.15, 0.2) is 0 Å². The number of halogens is 1. The topological polar surface area (TPSA) is 9.23 Å². The first-order valence-corrected chi connectivity index (χ1v) is 4.68. The highest BCUT2D eigenvalue weighted by atomic mass is 35.5. The molecule has 0 fully saturated rings. The second-order valence-electron chi connectivity index (χ2n) is 3.04. The van der Waals surface area contributed by atoms with Gasteiger partial charge in [-0.2, -0.15) is 0 Å². The maximum absolute atomic E-state index is 5.74. The van der Waals surface area contributed by atoms with E-state index in [0.717, 1.165) is 19.6 Å². The van der Waals surface area contributed by atoms with Crippen LogP contribution in [0.2, 0.25) is 0 Å². The van der Waals surface area contributed by atoms with E-state index >= 15 is 0 Å². The van der Waals surface area contributed by atoms with Crippen LogP contribution in [-0.4, -0.2) is 6.61 Å². The summed E-state index contributed by atoms with van der Waals surface area (Å²) in [5.74, 6) is 0.605. The highest BCUT2D eigenvalue weighted by molar-refractivity contribution is 6.17. The molecule has 0 saturated heterocycles. The molecule has 64 valence electrons. The highest BCUT2D eigenvalue weighted by Gasteiger charge is 2.08. The van der Waals surface area contributed by atoms with Gasteiger partial charge < -0.3 is 4.74 Å². The first-order chi connectivity index (χ1) is 5.90. The van der Waals surface area contributed by atoms with Crippen molar-refractivity contribution in [1.82, 2.24) is 0 Å². The van der Waals surface area contributed by atoms with Crippen LogP contribution in [-0.2, 0) is 23.6 Å². The fourth-order valence-electron chi connectivity index (χ4n) is 1.50. The fraction of sp³-hybridized carbons (Fsp3) is 0.400. The van der Waals surface area contributed by atoms with Crippen LogP contribution < -0.4 is 0 Å². The van der Waals surface area contributed by atoms with Gasteiger partial charge >= 0.3 is 0 Å². The molecule has 1 aromatic carbocycles. The molecule has 1 aromatic rings. The molecular formula is C10H11ClO. The summed E-state index contributed by atoms with van der Waals surface area (Å²) in [4.78, 5) is 0. The lowest BCUT2D eigenvalue weighted by atomic mass is 10.0. The Morgan fingerprint density at radius 3 is 3.08 bits per heavy atom. The summed E-state index contributed by atoms with van der Waals surface area (Å²) in [5, 5.41) is 0. The van der Waals surface area contributed by atoms with Gasteiger partial charge in [0, 0.05) is 5.88 Å². The van der Waals surface area contributed by atoms with Crippen molar-refractivity contribution in [1.29, 1.82) is 0 Å². The smallest absolute Gasteiger partial charge is 0.0719 e. The molecule has 0 saturated carbocycles. The van der Waals surface area contributed by atoms with Crippen LogP contribution in [0.4, 0.5) is 0 Å². The van der Waals surface area contributed by atoms with Crippen LogP contribution >= 0.6 is 11.6 Å². The van der Waals surface area contributed by atoms with E-state index < -0.39 is 0 Å². The van der Waals surface area contributed by atoms with E-state index in [-0.39, 0.29) is 0 Å². The summed E-state index contributed by atoms with van der Waals surface area (Å²) in [6.45, 7) is 1.61. The number of alkyl halides is 1. The van der Waals surface area contributed by atoms with Gasteiger partial charge in [-0.25, -0.2) is 0 Å². The van der Waals surface area contributed by atoms with E-state index in [1.807, 2.05) is 0 Å². The molecule has 1 aliphatic heterocycles. The summed E-state index contributed by atoms with van der Waals surface area (Å²) < 4.78 is 5.34. The lowest BCUT2D eigenvalue weighted by molar-refractivity contribution is 0.110. The molecule has 2 heteroatoms. The van der Waals surface area contributed by atoms with Gasteiger partial charge in [-0.05, 0) is 23.1 Å². The van der Waals surface area contributed by atoms with Crippen molar-refractivity contribution in [3.8, 4) is 0 Å². The Labute approximate surface area is 77.3 Å². The molecule has 1 aliphatic rings. The van der Waals surface area contributed by atoms with E-state index in [2.05, 4.69) is 18.2 Å². The second-order valence-corrected chi connectivity index (χ2v) is 3.31. The summed E-state index contributed by atoms with van der Waals surface area (Å²) in [6, 6.07) is 6.37. The van der Waals surface area contributed by atoms with E-state index in [9.17, 15) is 0 Å². The Morgan fingerprint density at radius 1 is 1.33 bits per heavy atom. The van der Waals surface area contributed by atoms with Crippen LogP contribution in [0.25, 0.3) is 0 Å². The lowest BCUT2D eigenvalue weighted by Gasteiger charge is -2.16. The molecule has 0 spiro atoms. The van der Waals surface area contributed by atoms with Gasteiger partial charge in [-0.1, -0.05) is 18.2 Å². The molecule has 0 radical (unpaired) electrons. The minimum Gasteiger partial charge on any atom is -0.376 e. The molecule has 2 rings (SSSR count). The van der Waals surface area contributed by atoms with Crippen LogP contribution in [0.15, 0.2) is 18.2 Å². The Balaban J connectivity index is 2.36. The van der Waals surface area contributed by atoms with Crippen molar-refractivity contribution in [3.63, 3.8) is 0 Å². The van der Waals surface area contributed by atoms with Crippen LogP contribution in [0.5, 0.6) is 0 Å². The second kappa shape index (κ2) is 3.46. The van der Waals surface area contributed by atoms with Crippen LogP contribution in [0, 0.1) is 0 Å². The monoisotopic (exact) mass is 182 g/mol.